The number of pyridine rings is 1. The molecule has 4 rings (SSSR count). The quantitative estimate of drug-likeness (QED) is 0.460. The highest BCUT2D eigenvalue weighted by Gasteiger charge is 2.31. The number of primary amides is 1. The van der Waals surface area contributed by atoms with Crippen LogP contribution in [0, 0.1) is 11.7 Å². The van der Waals surface area contributed by atoms with Crippen molar-refractivity contribution in [1.29, 1.82) is 0 Å². The fraction of sp³-hybridized carbons (Fsp3) is 0.565. The summed E-state index contributed by atoms with van der Waals surface area (Å²) in [5.41, 5.74) is 5.61. The molecule has 35 heavy (non-hydrogen) atoms. The largest absolute Gasteiger partial charge is 0.391 e. The number of nitrogens with one attached hydrogen (secondary N) is 1. The number of rotatable bonds is 10. The highest BCUT2D eigenvalue weighted by Crippen LogP contribution is 2.33. The molecule has 2 aromatic heterocycles. The van der Waals surface area contributed by atoms with Gasteiger partial charge in [0.15, 0.2) is 11.6 Å². The average molecular weight is 494 g/mol. The van der Waals surface area contributed by atoms with Gasteiger partial charge in [0.25, 0.3) is 6.43 Å². The number of hydrogen-bond acceptors (Lipinski definition) is 8. The number of nitrogens with two attached hydrogens (primary N) is 1. The number of aliphatic hydroxyl groups excluding tert-OH is 1. The Bertz CT molecular complexity index is 1010. The minimum atomic E-state index is -2.64. The van der Waals surface area contributed by atoms with Crippen molar-refractivity contribution in [2.24, 2.45) is 11.7 Å². The molecule has 2 atom stereocenters. The number of anilines is 2. The van der Waals surface area contributed by atoms with E-state index in [9.17, 15) is 18.7 Å². The van der Waals surface area contributed by atoms with Crippen LogP contribution in [0.15, 0.2) is 24.7 Å². The summed E-state index contributed by atoms with van der Waals surface area (Å²) < 4.78 is 41.2. The molecule has 1 saturated carbocycles. The predicted octanol–water partition coefficient (Wildman–Crippen LogP) is 2.09. The van der Waals surface area contributed by atoms with Crippen LogP contribution in [0.25, 0.3) is 0 Å². The fourth-order valence-electron chi connectivity index (χ4n) is 4.49. The van der Waals surface area contributed by atoms with Crippen molar-refractivity contribution in [2.45, 2.75) is 50.8 Å². The highest BCUT2D eigenvalue weighted by molar-refractivity contribution is 5.75. The lowest BCUT2D eigenvalue weighted by Crippen LogP contribution is -2.48. The Hall–Kier alpha value is -2.99. The van der Waals surface area contributed by atoms with Crippen LogP contribution in [0.1, 0.15) is 43.4 Å². The molecule has 3 heterocycles. The number of aliphatic hydroxyl groups is 1. The van der Waals surface area contributed by atoms with Gasteiger partial charge in [0, 0.05) is 37.8 Å². The number of halogens is 3. The van der Waals surface area contributed by atoms with E-state index in [0.717, 1.165) is 19.3 Å². The van der Waals surface area contributed by atoms with E-state index in [2.05, 4.69) is 20.3 Å². The van der Waals surface area contributed by atoms with E-state index in [1.165, 1.54) is 18.6 Å². The molecule has 2 fully saturated rings. The molecule has 0 unspecified atom stereocenters. The molecule has 12 heteroatoms. The topological polar surface area (TPSA) is 120 Å². The number of carbonyl (C=O) groups is 1. The molecule has 0 bridgehead atoms. The standard InChI is InChI=1S/C23H30F3N7O2/c24-20-22(29-9-15-6-7-32(11-18(15)34)12-19(27)35)30-13-31-23(20)33(16-2-1-3-16)10-14-4-5-17(21(25)26)28-8-14/h4-5,8,13,15-16,18,21,34H,1-3,6-7,9-12H2,(H2,27,35)(H,29,30,31)/t15-,18+/m0/s1. The minimum Gasteiger partial charge on any atom is -0.391 e. The number of amides is 1. The number of carbonyl (C=O) groups excluding carboxylic acids is 1. The van der Waals surface area contributed by atoms with Gasteiger partial charge >= 0.3 is 0 Å². The Morgan fingerprint density at radius 2 is 2.06 bits per heavy atom. The third kappa shape index (κ3) is 6.17. The molecule has 1 amide bonds. The van der Waals surface area contributed by atoms with Crippen molar-refractivity contribution in [2.75, 3.05) is 36.4 Å². The van der Waals surface area contributed by atoms with Crippen LogP contribution in [0.3, 0.4) is 0 Å². The van der Waals surface area contributed by atoms with E-state index in [-0.39, 0.29) is 42.4 Å². The zero-order valence-corrected chi connectivity index (χ0v) is 19.3. The monoisotopic (exact) mass is 493 g/mol. The van der Waals surface area contributed by atoms with Gasteiger partial charge < -0.3 is 21.1 Å². The lowest BCUT2D eigenvalue weighted by molar-refractivity contribution is -0.120. The first-order valence-electron chi connectivity index (χ1n) is 11.7. The smallest absolute Gasteiger partial charge is 0.280 e. The average Bonchev–Trinajstić information content (AvgIpc) is 2.78. The molecular weight excluding hydrogens is 463 g/mol. The summed E-state index contributed by atoms with van der Waals surface area (Å²) in [6.45, 7) is 1.61. The molecule has 1 aliphatic carbocycles. The molecule has 0 spiro atoms. The molecule has 2 aromatic rings. The molecule has 1 aliphatic heterocycles. The van der Waals surface area contributed by atoms with Gasteiger partial charge in [0.1, 0.15) is 12.0 Å². The molecule has 2 aliphatic rings. The van der Waals surface area contributed by atoms with Crippen LogP contribution in [-0.2, 0) is 11.3 Å². The van der Waals surface area contributed by atoms with E-state index in [1.54, 1.807) is 11.0 Å². The van der Waals surface area contributed by atoms with E-state index in [4.69, 9.17) is 5.73 Å². The zero-order chi connectivity index (χ0) is 24.9. The van der Waals surface area contributed by atoms with Crippen LogP contribution in [0.4, 0.5) is 24.8 Å². The maximum atomic E-state index is 15.5. The summed E-state index contributed by atoms with van der Waals surface area (Å²) in [5.74, 6) is -1.00. The van der Waals surface area contributed by atoms with Crippen LogP contribution >= 0.6 is 0 Å². The number of nitrogens with zero attached hydrogens (tertiary/aromatic N) is 5. The SMILES string of the molecule is NC(=O)CN1CC[C@@H](CNc2ncnc(N(Cc3ccc(C(F)F)nc3)C3CCC3)c2F)[C@H](O)C1. The fourth-order valence-corrected chi connectivity index (χ4v) is 4.49. The molecule has 190 valence electrons. The summed E-state index contributed by atoms with van der Waals surface area (Å²) in [5, 5.41) is 13.5. The summed E-state index contributed by atoms with van der Waals surface area (Å²) in [7, 11) is 0. The van der Waals surface area contributed by atoms with Gasteiger partial charge in [-0.25, -0.2) is 18.7 Å². The minimum absolute atomic E-state index is 0.0391. The van der Waals surface area contributed by atoms with E-state index in [0.29, 0.717) is 31.6 Å². The van der Waals surface area contributed by atoms with E-state index >= 15 is 4.39 Å². The van der Waals surface area contributed by atoms with Gasteiger partial charge in [0.05, 0.1) is 12.6 Å². The number of hydrogen-bond donors (Lipinski definition) is 3. The molecule has 1 saturated heterocycles. The van der Waals surface area contributed by atoms with Crippen molar-refractivity contribution in [3.63, 3.8) is 0 Å². The second kappa shape index (κ2) is 11.2. The Morgan fingerprint density at radius 1 is 1.26 bits per heavy atom. The molecule has 0 aromatic carbocycles. The van der Waals surface area contributed by atoms with Crippen molar-refractivity contribution in [3.05, 3.63) is 41.7 Å². The third-order valence-electron chi connectivity index (χ3n) is 6.70. The molecule has 4 N–H and O–H groups in total. The van der Waals surface area contributed by atoms with Gasteiger partial charge in [-0.2, -0.15) is 4.39 Å². The Kier molecular flexibility index (Phi) is 8.01. The second-order valence-corrected chi connectivity index (χ2v) is 9.16. The van der Waals surface area contributed by atoms with Crippen LogP contribution in [0.5, 0.6) is 0 Å². The van der Waals surface area contributed by atoms with Crippen LogP contribution in [0.2, 0.25) is 0 Å². The number of likely N-dealkylation sites (tertiary alicyclic amines) is 1. The third-order valence-corrected chi connectivity index (χ3v) is 6.70. The highest BCUT2D eigenvalue weighted by atomic mass is 19.3. The first kappa shape index (κ1) is 25.1. The van der Waals surface area contributed by atoms with Gasteiger partial charge in [0.2, 0.25) is 11.7 Å². The first-order valence-corrected chi connectivity index (χ1v) is 11.7. The van der Waals surface area contributed by atoms with Gasteiger partial charge in [-0.05, 0) is 43.9 Å². The molecule has 0 radical (unpaired) electrons. The number of aromatic nitrogens is 3. The van der Waals surface area contributed by atoms with Crippen molar-refractivity contribution in [1.82, 2.24) is 19.9 Å². The second-order valence-electron chi connectivity index (χ2n) is 9.16. The Morgan fingerprint density at radius 3 is 2.66 bits per heavy atom. The van der Waals surface area contributed by atoms with E-state index < -0.39 is 24.3 Å². The molecule has 9 nitrogen and oxygen atoms in total. The summed E-state index contributed by atoms with van der Waals surface area (Å²) >= 11 is 0. The first-order chi connectivity index (χ1) is 16.8. The van der Waals surface area contributed by atoms with E-state index in [1.807, 2.05) is 4.90 Å². The predicted molar refractivity (Wildman–Crippen MR) is 123 cm³/mol. The molecular formula is C23H30F3N7O2. The van der Waals surface area contributed by atoms with Crippen molar-refractivity contribution >= 4 is 17.5 Å². The maximum Gasteiger partial charge on any atom is 0.280 e. The van der Waals surface area contributed by atoms with Gasteiger partial charge in [-0.1, -0.05) is 6.07 Å². The number of β-amino-alcohol motifs (C(OH)–C–C–N with tert-alkyl or cyclic N) is 1. The number of alkyl halides is 2. The maximum absolute atomic E-state index is 15.5. The summed E-state index contributed by atoms with van der Waals surface area (Å²) in [6.07, 6.45) is 2.75. The summed E-state index contributed by atoms with van der Waals surface area (Å²) in [6, 6.07) is 2.94. The lowest BCUT2D eigenvalue weighted by Gasteiger charge is -2.38. The Labute approximate surface area is 201 Å². The summed E-state index contributed by atoms with van der Waals surface area (Å²) in [4.78, 5) is 26.8. The van der Waals surface area contributed by atoms with Gasteiger partial charge in [-0.15, -0.1) is 0 Å². The van der Waals surface area contributed by atoms with Crippen molar-refractivity contribution in [3.8, 4) is 0 Å². The van der Waals surface area contributed by atoms with Gasteiger partial charge in [-0.3, -0.25) is 14.7 Å². The lowest BCUT2D eigenvalue weighted by atomic mass is 9.91. The number of piperidine rings is 1. The Balaban J connectivity index is 1.44. The van der Waals surface area contributed by atoms with Crippen LogP contribution in [-0.4, -0.2) is 69.2 Å². The van der Waals surface area contributed by atoms with Crippen molar-refractivity contribution < 1.29 is 23.1 Å². The van der Waals surface area contributed by atoms with Crippen LogP contribution < -0.4 is 16.0 Å². The normalized spacial score (nSPS) is 21.1. The zero-order valence-electron chi connectivity index (χ0n) is 19.3.